The number of carbonyl (C=O) groups is 1. The molecule has 0 saturated carbocycles. The number of hydrogen-bond donors (Lipinski definition) is 0. The molecule has 104 valence electrons. The smallest absolute Gasteiger partial charge is 0.157 e. The zero-order valence-electron chi connectivity index (χ0n) is 11.0. The maximum absolute atomic E-state index is 10.6. The van der Waals surface area contributed by atoms with Gasteiger partial charge in [-0.25, -0.2) is 0 Å². The average molecular weight is 264 g/mol. The van der Waals surface area contributed by atoms with Crippen LogP contribution < -0.4 is 4.74 Å². The quantitative estimate of drug-likeness (QED) is 0.561. The molecule has 1 aliphatic heterocycles. The van der Waals surface area contributed by atoms with E-state index in [1.165, 1.54) is 6.42 Å². The summed E-state index contributed by atoms with van der Waals surface area (Å²) in [5.41, 5.74) is 0.629. The lowest BCUT2D eigenvalue weighted by Gasteiger charge is -2.22. The topological polar surface area (TPSA) is 44.8 Å². The first-order chi connectivity index (χ1) is 9.38. The Kier molecular flexibility index (Phi) is 5.85. The molecule has 2 rings (SSSR count). The standard InChI is InChI=1S/C15H20O4/c16-12-13-5-3-6-14(11-13)17-9-4-10-19-15-7-1-2-8-18-15/h3,5-6,11-12,15H,1-2,4,7-10H2. The predicted octanol–water partition coefficient (Wildman–Crippen LogP) is 2.81. The molecule has 4 nitrogen and oxygen atoms in total. The molecular weight excluding hydrogens is 244 g/mol. The van der Waals surface area contributed by atoms with E-state index in [4.69, 9.17) is 14.2 Å². The summed E-state index contributed by atoms with van der Waals surface area (Å²) in [7, 11) is 0. The van der Waals surface area contributed by atoms with Gasteiger partial charge in [-0.3, -0.25) is 4.79 Å². The first-order valence-electron chi connectivity index (χ1n) is 6.80. The van der Waals surface area contributed by atoms with Gasteiger partial charge in [0.15, 0.2) is 6.29 Å². The SMILES string of the molecule is O=Cc1cccc(OCCCOC2CCCCO2)c1. The van der Waals surface area contributed by atoms with Gasteiger partial charge in [-0.1, -0.05) is 12.1 Å². The van der Waals surface area contributed by atoms with Crippen molar-refractivity contribution < 1.29 is 19.0 Å². The molecule has 0 bridgehead atoms. The number of carbonyl (C=O) groups excluding carboxylic acids is 1. The highest BCUT2D eigenvalue weighted by Crippen LogP contribution is 2.14. The molecule has 1 atom stereocenters. The molecule has 1 fully saturated rings. The van der Waals surface area contributed by atoms with E-state index in [0.717, 1.165) is 37.9 Å². The molecule has 1 aromatic rings. The maximum Gasteiger partial charge on any atom is 0.157 e. The van der Waals surface area contributed by atoms with Gasteiger partial charge >= 0.3 is 0 Å². The molecule has 1 unspecified atom stereocenters. The molecule has 1 heterocycles. The van der Waals surface area contributed by atoms with Crippen molar-refractivity contribution in [2.75, 3.05) is 19.8 Å². The van der Waals surface area contributed by atoms with E-state index in [9.17, 15) is 4.79 Å². The second-order valence-corrected chi connectivity index (χ2v) is 4.56. The fourth-order valence-corrected chi connectivity index (χ4v) is 1.98. The van der Waals surface area contributed by atoms with Gasteiger partial charge in [0, 0.05) is 18.6 Å². The van der Waals surface area contributed by atoms with E-state index in [1.807, 2.05) is 12.1 Å². The normalized spacial score (nSPS) is 19.1. The number of hydrogen-bond acceptors (Lipinski definition) is 4. The van der Waals surface area contributed by atoms with Crippen molar-refractivity contribution in [2.45, 2.75) is 32.0 Å². The highest BCUT2D eigenvalue weighted by Gasteiger charge is 2.13. The van der Waals surface area contributed by atoms with Gasteiger partial charge in [0.1, 0.15) is 12.0 Å². The average Bonchev–Trinajstić information content (AvgIpc) is 2.48. The van der Waals surface area contributed by atoms with Gasteiger partial charge in [-0.15, -0.1) is 0 Å². The van der Waals surface area contributed by atoms with Crippen LogP contribution >= 0.6 is 0 Å². The first-order valence-corrected chi connectivity index (χ1v) is 6.80. The Labute approximate surface area is 113 Å². The minimum Gasteiger partial charge on any atom is -0.493 e. The summed E-state index contributed by atoms with van der Waals surface area (Å²) in [5.74, 6) is 0.721. The molecule has 1 aliphatic rings. The van der Waals surface area contributed by atoms with Crippen LogP contribution in [0.2, 0.25) is 0 Å². The summed E-state index contributed by atoms with van der Waals surface area (Å²) in [5, 5.41) is 0. The molecule has 0 amide bonds. The Balaban J connectivity index is 1.59. The fourth-order valence-electron chi connectivity index (χ4n) is 1.98. The van der Waals surface area contributed by atoms with Crippen LogP contribution in [0, 0.1) is 0 Å². The Morgan fingerprint density at radius 3 is 3.05 bits per heavy atom. The van der Waals surface area contributed by atoms with Gasteiger partial charge in [-0.05, 0) is 31.4 Å². The van der Waals surface area contributed by atoms with E-state index in [-0.39, 0.29) is 6.29 Å². The summed E-state index contributed by atoms with van der Waals surface area (Å²) in [4.78, 5) is 10.6. The molecule has 19 heavy (non-hydrogen) atoms. The fraction of sp³-hybridized carbons (Fsp3) is 0.533. The van der Waals surface area contributed by atoms with Gasteiger partial charge in [0.2, 0.25) is 0 Å². The number of ether oxygens (including phenoxy) is 3. The molecular formula is C15H20O4. The third-order valence-corrected chi connectivity index (χ3v) is 2.99. The number of aldehydes is 1. The van der Waals surface area contributed by atoms with Gasteiger partial charge in [0.05, 0.1) is 13.2 Å². The third kappa shape index (κ3) is 5.01. The van der Waals surface area contributed by atoms with Crippen LogP contribution in [0.1, 0.15) is 36.0 Å². The number of rotatable bonds is 7. The van der Waals surface area contributed by atoms with Crippen LogP contribution in [0.15, 0.2) is 24.3 Å². The third-order valence-electron chi connectivity index (χ3n) is 2.99. The largest absolute Gasteiger partial charge is 0.493 e. The first kappa shape index (κ1) is 14.0. The molecule has 0 aromatic heterocycles. The summed E-state index contributed by atoms with van der Waals surface area (Å²) in [6.07, 6.45) is 4.90. The van der Waals surface area contributed by atoms with Crippen molar-refractivity contribution in [3.8, 4) is 5.75 Å². The monoisotopic (exact) mass is 264 g/mol. The van der Waals surface area contributed by atoms with E-state index < -0.39 is 0 Å². The molecule has 4 heteroatoms. The lowest BCUT2D eigenvalue weighted by atomic mass is 10.2. The van der Waals surface area contributed by atoms with Crippen molar-refractivity contribution in [1.29, 1.82) is 0 Å². The Morgan fingerprint density at radius 2 is 2.26 bits per heavy atom. The zero-order chi connectivity index (χ0) is 13.3. The summed E-state index contributed by atoms with van der Waals surface area (Å²) >= 11 is 0. The predicted molar refractivity (Wildman–Crippen MR) is 71.5 cm³/mol. The van der Waals surface area contributed by atoms with Crippen molar-refractivity contribution in [3.05, 3.63) is 29.8 Å². The van der Waals surface area contributed by atoms with Crippen molar-refractivity contribution >= 4 is 6.29 Å². The van der Waals surface area contributed by atoms with Crippen LogP contribution in [-0.4, -0.2) is 32.4 Å². The van der Waals surface area contributed by atoms with Gasteiger partial charge < -0.3 is 14.2 Å². The summed E-state index contributed by atoms with van der Waals surface area (Å²) in [6, 6.07) is 7.14. The van der Waals surface area contributed by atoms with Crippen LogP contribution in [0.4, 0.5) is 0 Å². The van der Waals surface area contributed by atoms with Gasteiger partial charge in [-0.2, -0.15) is 0 Å². The minimum atomic E-state index is -0.0351. The summed E-state index contributed by atoms with van der Waals surface area (Å²) in [6.45, 7) is 2.02. The van der Waals surface area contributed by atoms with Crippen molar-refractivity contribution in [3.63, 3.8) is 0 Å². The second-order valence-electron chi connectivity index (χ2n) is 4.56. The highest BCUT2D eigenvalue weighted by atomic mass is 16.7. The number of benzene rings is 1. The van der Waals surface area contributed by atoms with Crippen molar-refractivity contribution in [1.82, 2.24) is 0 Å². The van der Waals surface area contributed by atoms with Crippen LogP contribution in [-0.2, 0) is 9.47 Å². The Bertz CT molecular complexity index is 385. The van der Waals surface area contributed by atoms with Crippen LogP contribution in [0.5, 0.6) is 5.75 Å². The summed E-state index contributed by atoms with van der Waals surface area (Å²) < 4.78 is 16.6. The lowest BCUT2D eigenvalue weighted by molar-refractivity contribution is -0.163. The lowest BCUT2D eigenvalue weighted by Crippen LogP contribution is -2.23. The molecule has 1 saturated heterocycles. The van der Waals surface area contributed by atoms with E-state index in [1.54, 1.807) is 12.1 Å². The molecule has 0 N–H and O–H groups in total. The Hall–Kier alpha value is -1.39. The van der Waals surface area contributed by atoms with E-state index >= 15 is 0 Å². The maximum atomic E-state index is 10.6. The van der Waals surface area contributed by atoms with E-state index in [0.29, 0.717) is 18.8 Å². The van der Waals surface area contributed by atoms with E-state index in [2.05, 4.69) is 0 Å². The molecule has 0 aliphatic carbocycles. The second kappa shape index (κ2) is 7.92. The molecule has 0 spiro atoms. The zero-order valence-corrected chi connectivity index (χ0v) is 11.0. The Morgan fingerprint density at radius 1 is 1.32 bits per heavy atom. The highest BCUT2D eigenvalue weighted by molar-refractivity contribution is 5.75. The van der Waals surface area contributed by atoms with Crippen molar-refractivity contribution in [2.24, 2.45) is 0 Å². The van der Waals surface area contributed by atoms with Crippen LogP contribution in [0.25, 0.3) is 0 Å². The molecule has 1 aromatic carbocycles. The molecule has 0 radical (unpaired) electrons. The van der Waals surface area contributed by atoms with Crippen LogP contribution in [0.3, 0.4) is 0 Å². The minimum absolute atomic E-state index is 0.0351. The van der Waals surface area contributed by atoms with Gasteiger partial charge in [0.25, 0.3) is 0 Å².